The first-order valence-electron chi connectivity index (χ1n) is 6.59. The molecule has 4 heteroatoms. The third-order valence-electron chi connectivity index (χ3n) is 3.38. The minimum atomic E-state index is 0.197. The van der Waals surface area contributed by atoms with E-state index >= 15 is 0 Å². The normalized spacial score (nSPS) is 11.2. The Morgan fingerprint density at radius 2 is 2.00 bits per heavy atom. The number of aryl methyl sites for hydroxylation is 2. The second-order valence-electron chi connectivity index (χ2n) is 5.04. The van der Waals surface area contributed by atoms with Crippen molar-refractivity contribution < 1.29 is 5.11 Å². The molecule has 1 N–H and O–H groups in total. The van der Waals surface area contributed by atoms with Gasteiger partial charge in [0.15, 0.2) is 4.77 Å². The van der Waals surface area contributed by atoms with Crippen molar-refractivity contribution in [3.05, 3.63) is 40.3 Å². The third kappa shape index (κ3) is 2.32. The molecular formula is C15H20N2OS. The van der Waals surface area contributed by atoms with Crippen molar-refractivity contribution in [1.82, 2.24) is 9.13 Å². The number of para-hydroxylation sites is 1. The average molecular weight is 276 g/mol. The summed E-state index contributed by atoms with van der Waals surface area (Å²) in [6.45, 7) is 8.26. The van der Waals surface area contributed by atoms with E-state index in [1.165, 1.54) is 5.56 Å². The van der Waals surface area contributed by atoms with E-state index in [1.807, 2.05) is 23.6 Å². The summed E-state index contributed by atoms with van der Waals surface area (Å²) in [5, 5.41) is 10.2. The highest BCUT2D eigenvalue weighted by Crippen LogP contribution is 2.27. The molecule has 0 unspecified atom stereocenters. The van der Waals surface area contributed by atoms with Gasteiger partial charge in [0.2, 0.25) is 5.88 Å². The van der Waals surface area contributed by atoms with E-state index in [-0.39, 0.29) is 11.9 Å². The van der Waals surface area contributed by atoms with Crippen molar-refractivity contribution in [3.8, 4) is 11.6 Å². The largest absolute Gasteiger partial charge is 0.493 e. The summed E-state index contributed by atoms with van der Waals surface area (Å²) in [6, 6.07) is 6.39. The van der Waals surface area contributed by atoms with Gasteiger partial charge in [0, 0.05) is 6.04 Å². The van der Waals surface area contributed by atoms with Crippen molar-refractivity contribution in [3.63, 3.8) is 0 Å². The predicted octanol–water partition coefficient (Wildman–Crippen LogP) is 4.17. The molecule has 0 spiro atoms. The van der Waals surface area contributed by atoms with E-state index in [2.05, 4.69) is 26.8 Å². The molecule has 0 bridgehead atoms. The molecule has 19 heavy (non-hydrogen) atoms. The minimum Gasteiger partial charge on any atom is -0.493 e. The number of hydrogen-bond acceptors (Lipinski definition) is 2. The maximum absolute atomic E-state index is 10.2. The average Bonchev–Trinajstić information content (AvgIpc) is 2.65. The first kappa shape index (κ1) is 13.9. The summed E-state index contributed by atoms with van der Waals surface area (Å²) in [5.74, 6) is 0.197. The van der Waals surface area contributed by atoms with Gasteiger partial charge in [-0.25, -0.2) is 0 Å². The molecule has 102 valence electrons. The van der Waals surface area contributed by atoms with Crippen LogP contribution in [0.3, 0.4) is 0 Å². The predicted molar refractivity (Wildman–Crippen MR) is 80.8 cm³/mol. The van der Waals surface area contributed by atoms with Gasteiger partial charge in [-0.15, -0.1) is 0 Å². The molecule has 0 aliphatic heterocycles. The molecule has 1 heterocycles. The van der Waals surface area contributed by atoms with E-state index < -0.39 is 0 Å². The topological polar surface area (TPSA) is 30.1 Å². The van der Waals surface area contributed by atoms with Gasteiger partial charge in [0.1, 0.15) is 0 Å². The Morgan fingerprint density at radius 1 is 1.32 bits per heavy atom. The van der Waals surface area contributed by atoms with Crippen molar-refractivity contribution in [1.29, 1.82) is 0 Å². The highest BCUT2D eigenvalue weighted by atomic mass is 32.1. The quantitative estimate of drug-likeness (QED) is 0.853. The SMILES string of the molecule is CCc1cccc(C)c1-n1c(O)cn(C(C)C)c1=S. The second-order valence-corrected chi connectivity index (χ2v) is 5.41. The van der Waals surface area contributed by atoms with E-state index in [9.17, 15) is 5.11 Å². The molecule has 0 fully saturated rings. The number of benzene rings is 1. The first-order chi connectivity index (χ1) is 8.97. The Morgan fingerprint density at radius 3 is 2.53 bits per heavy atom. The van der Waals surface area contributed by atoms with Crippen LogP contribution in [-0.2, 0) is 6.42 Å². The summed E-state index contributed by atoms with van der Waals surface area (Å²) < 4.78 is 4.32. The smallest absolute Gasteiger partial charge is 0.214 e. The van der Waals surface area contributed by atoms with Crippen LogP contribution < -0.4 is 0 Å². The number of aromatic hydroxyl groups is 1. The van der Waals surface area contributed by atoms with Gasteiger partial charge in [-0.1, -0.05) is 25.1 Å². The van der Waals surface area contributed by atoms with Crippen molar-refractivity contribution in [2.75, 3.05) is 0 Å². The van der Waals surface area contributed by atoms with Crippen molar-refractivity contribution in [2.45, 2.75) is 40.2 Å². The molecule has 1 aromatic heterocycles. The van der Waals surface area contributed by atoms with Crippen molar-refractivity contribution in [2.24, 2.45) is 0 Å². The first-order valence-corrected chi connectivity index (χ1v) is 6.99. The molecule has 0 aliphatic carbocycles. The van der Waals surface area contributed by atoms with Gasteiger partial charge in [0.05, 0.1) is 11.9 Å². The van der Waals surface area contributed by atoms with Gasteiger partial charge in [-0.2, -0.15) is 0 Å². The Bertz CT molecular complexity index is 653. The lowest BCUT2D eigenvalue weighted by Gasteiger charge is -2.13. The maximum atomic E-state index is 10.2. The molecular weight excluding hydrogens is 256 g/mol. The van der Waals surface area contributed by atoms with E-state index in [4.69, 9.17) is 12.2 Å². The van der Waals surface area contributed by atoms with Crippen LogP contribution in [-0.4, -0.2) is 14.2 Å². The molecule has 0 radical (unpaired) electrons. The number of imidazole rings is 1. The number of aromatic nitrogens is 2. The summed E-state index contributed by atoms with van der Waals surface area (Å²) in [4.78, 5) is 0. The minimum absolute atomic E-state index is 0.197. The lowest BCUT2D eigenvalue weighted by Crippen LogP contribution is -2.05. The monoisotopic (exact) mass is 276 g/mol. The van der Waals surface area contributed by atoms with E-state index in [1.54, 1.807) is 10.8 Å². The summed E-state index contributed by atoms with van der Waals surface area (Å²) in [7, 11) is 0. The van der Waals surface area contributed by atoms with Crippen LogP contribution >= 0.6 is 12.2 Å². The number of hydrogen-bond donors (Lipinski definition) is 1. The molecule has 0 aliphatic rings. The Balaban J connectivity index is 2.77. The molecule has 0 saturated heterocycles. The molecule has 1 aromatic carbocycles. The third-order valence-corrected chi connectivity index (χ3v) is 3.77. The molecule has 2 aromatic rings. The fourth-order valence-electron chi connectivity index (χ4n) is 2.36. The fourth-order valence-corrected chi connectivity index (χ4v) is 2.80. The summed E-state index contributed by atoms with van der Waals surface area (Å²) in [6.07, 6.45) is 2.62. The van der Waals surface area contributed by atoms with Gasteiger partial charge < -0.3 is 9.67 Å². The van der Waals surface area contributed by atoms with Gasteiger partial charge in [-0.05, 0) is 50.5 Å². The number of rotatable bonds is 3. The molecule has 3 nitrogen and oxygen atoms in total. The lowest BCUT2D eigenvalue weighted by molar-refractivity contribution is 0.440. The fraction of sp³-hybridized carbons (Fsp3) is 0.400. The van der Waals surface area contributed by atoms with Gasteiger partial charge in [-0.3, -0.25) is 4.57 Å². The lowest BCUT2D eigenvalue weighted by atomic mass is 10.1. The highest BCUT2D eigenvalue weighted by molar-refractivity contribution is 7.71. The van der Waals surface area contributed by atoms with Crippen LogP contribution in [0.2, 0.25) is 0 Å². The van der Waals surface area contributed by atoms with Crippen LogP contribution in [0.25, 0.3) is 5.69 Å². The van der Waals surface area contributed by atoms with Gasteiger partial charge >= 0.3 is 0 Å². The molecule has 0 atom stereocenters. The Labute approximate surface area is 119 Å². The van der Waals surface area contributed by atoms with Crippen molar-refractivity contribution >= 4 is 12.2 Å². The zero-order valence-electron chi connectivity index (χ0n) is 11.8. The van der Waals surface area contributed by atoms with Gasteiger partial charge in [0.25, 0.3) is 0 Å². The zero-order valence-corrected chi connectivity index (χ0v) is 12.7. The number of nitrogens with zero attached hydrogens (tertiary/aromatic N) is 2. The van der Waals surface area contributed by atoms with Crippen LogP contribution in [0, 0.1) is 11.7 Å². The van der Waals surface area contributed by atoms with E-state index in [0.717, 1.165) is 17.7 Å². The Kier molecular flexibility index (Phi) is 3.80. The maximum Gasteiger partial charge on any atom is 0.214 e. The zero-order chi connectivity index (χ0) is 14.2. The molecule has 0 saturated carbocycles. The van der Waals surface area contributed by atoms with E-state index in [0.29, 0.717) is 4.77 Å². The summed E-state index contributed by atoms with van der Waals surface area (Å²) in [5.41, 5.74) is 3.31. The highest BCUT2D eigenvalue weighted by Gasteiger charge is 2.15. The van der Waals surface area contributed by atoms with Crippen LogP contribution in [0.1, 0.15) is 37.9 Å². The van der Waals surface area contributed by atoms with Crippen LogP contribution in [0.4, 0.5) is 0 Å². The van der Waals surface area contributed by atoms with Crippen LogP contribution in [0.15, 0.2) is 24.4 Å². The second kappa shape index (κ2) is 5.21. The standard InChI is InChI=1S/C15H20N2OS/c1-5-12-8-6-7-11(4)14(12)17-13(18)9-16(10(2)3)15(17)19/h6-10,18H,5H2,1-4H3. The Hall–Kier alpha value is -1.55. The summed E-state index contributed by atoms with van der Waals surface area (Å²) >= 11 is 5.50. The molecule has 0 amide bonds. The molecule has 2 rings (SSSR count). The van der Waals surface area contributed by atoms with Crippen LogP contribution in [0.5, 0.6) is 5.88 Å².